The van der Waals surface area contributed by atoms with Crippen LogP contribution in [0.5, 0.6) is 0 Å². The summed E-state index contributed by atoms with van der Waals surface area (Å²) in [7, 11) is 1.64. The lowest BCUT2D eigenvalue weighted by atomic mass is 10.2. The Morgan fingerprint density at radius 1 is 1.64 bits per heavy atom. The number of hydrogen-bond acceptors (Lipinski definition) is 3. The van der Waals surface area contributed by atoms with Gasteiger partial charge in [0.25, 0.3) is 5.91 Å². The van der Waals surface area contributed by atoms with Gasteiger partial charge in [0.2, 0.25) is 0 Å². The molecule has 0 spiro atoms. The number of nitriles is 1. The summed E-state index contributed by atoms with van der Waals surface area (Å²) in [6, 6.07) is 3.82. The molecule has 0 atom stereocenters. The Morgan fingerprint density at radius 2 is 2.29 bits per heavy atom. The summed E-state index contributed by atoms with van der Waals surface area (Å²) >= 11 is 1.60. The third kappa shape index (κ3) is 2.12. The van der Waals surface area contributed by atoms with Gasteiger partial charge < -0.3 is 4.90 Å². The predicted molar refractivity (Wildman–Crippen MR) is 56.4 cm³/mol. The van der Waals surface area contributed by atoms with E-state index in [1.165, 1.54) is 4.90 Å². The van der Waals surface area contributed by atoms with Crippen molar-refractivity contribution in [2.75, 3.05) is 13.6 Å². The van der Waals surface area contributed by atoms with Crippen molar-refractivity contribution in [1.82, 2.24) is 4.90 Å². The third-order valence-electron chi connectivity index (χ3n) is 1.93. The highest BCUT2D eigenvalue weighted by Crippen LogP contribution is 2.21. The molecule has 1 amide bonds. The lowest BCUT2D eigenvalue weighted by Gasteiger charge is -2.12. The fraction of sp³-hybridized carbons (Fsp3) is 0.400. The molecule has 0 aliphatic heterocycles. The molecular formula is C10H12N2OS. The quantitative estimate of drug-likeness (QED) is 0.697. The van der Waals surface area contributed by atoms with Gasteiger partial charge in [-0.25, -0.2) is 0 Å². The maximum atomic E-state index is 11.8. The van der Waals surface area contributed by atoms with Gasteiger partial charge in [0.15, 0.2) is 0 Å². The minimum atomic E-state index is -0.0756. The van der Waals surface area contributed by atoms with Gasteiger partial charge >= 0.3 is 0 Å². The van der Waals surface area contributed by atoms with E-state index in [1.807, 2.05) is 26.0 Å². The van der Waals surface area contributed by atoms with Crippen LogP contribution in [-0.2, 0) is 0 Å². The number of hydrogen-bond donors (Lipinski definition) is 0. The van der Waals surface area contributed by atoms with E-state index in [1.54, 1.807) is 18.4 Å². The smallest absolute Gasteiger partial charge is 0.255 e. The molecule has 1 heterocycles. The fourth-order valence-corrected chi connectivity index (χ4v) is 2.14. The van der Waals surface area contributed by atoms with E-state index < -0.39 is 0 Å². The molecule has 0 aromatic carbocycles. The number of aryl methyl sites for hydroxylation is 2. The van der Waals surface area contributed by atoms with Gasteiger partial charge in [0.05, 0.1) is 11.6 Å². The highest BCUT2D eigenvalue weighted by molar-refractivity contribution is 7.12. The molecule has 3 nitrogen and oxygen atoms in total. The molecule has 0 N–H and O–H groups in total. The lowest BCUT2D eigenvalue weighted by Crippen LogP contribution is -2.27. The normalized spacial score (nSPS) is 9.57. The zero-order valence-corrected chi connectivity index (χ0v) is 9.31. The van der Waals surface area contributed by atoms with Crippen LogP contribution in [0.3, 0.4) is 0 Å². The van der Waals surface area contributed by atoms with Gasteiger partial charge in [-0.15, -0.1) is 11.3 Å². The Labute approximate surface area is 87.6 Å². The van der Waals surface area contributed by atoms with Crippen LogP contribution in [0.2, 0.25) is 0 Å². The van der Waals surface area contributed by atoms with Crippen molar-refractivity contribution in [2.24, 2.45) is 0 Å². The number of carbonyl (C=O) groups excluding carboxylic acids is 1. The van der Waals surface area contributed by atoms with Crippen molar-refractivity contribution < 1.29 is 4.79 Å². The molecule has 74 valence electrons. The van der Waals surface area contributed by atoms with Crippen molar-refractivity contribution in [3.63, 3.8) is 0 Å². The van der Waals surface area contributed by atoms with Crippen LogP contribution in [0.25, 0.3) is 0 Å². The molecule has 4 heteroatoms. The molecule has 1 aromatic rings. The summed E-state index contributed by atoms with van der Waals surface area (Å²) < 4.78 is 0. The molecule has 0 saturated heterocycles. The molecule has 1 rings (SSSR count). The van der Waals surface area contributed by atoms with Crippen molar-refractivity contribution in [3.8, 4) is 6.07 Å². The molecule has 14 heavy (non-hydrogen) atoms. The Kier molecular flexibility index (Phi) is 3.26. The molecule has 0 saturated carbocycles. The number of amides is 1. The Morgan fingerprint density at radius 3 is 2.71 bits per heavy atom. The van der Waals surface area contributed by atoms with Gasteiger partial charge in [0.1, 0.15) is 6.54 Å². The summed E-state index contributed by atoms with van der Waals surface area (Å²) in [5.41, 5.74) is 0.713. The molecule has 0 radical (unpaired) electrons. The van der Waals surface area contributed by atoms with Gasteiger partial charge in [-0.1, -0.05) is 0 Å². The molecule has 1 aromatic heterocycles. The summed E-state index contributed by atoms with van der Waals surface area (Å²) in [6.07, 6.45) is 0. The standard InChI is InChI=1S/C10H12N2OS/c1-7-6-9(8(2)14-7)10(13)12(3)5-4-11/h6H,5H2,1-3H3. The fourth-order valence-electron chi connectivity index (χ4n) is 1.23. The Hall–Kier alpha value is -1.34. The number of carbonyl (C=O) groups is 1. The number of nitrogens with zero attached hydrogens (tertiary/aromatic N) is 2. The SMILES string of the molecule is Cc1cc(C(=O)N(C)CC#N)c(C)s1. The summed E-state index contributed by atoms with van der Waals surface area (Å²) in [6.45, 7) is 4.02. The second kappa shape index (κ2) is 4.25. The predicted octanol–water partition coefficient (Wildman–Crippen LogP) is 1.96. The van der Waals surface area contributed by atoms with Crippen molar-refractivity contribution in [1.29, 1.82) is 5.26 Å². The molecule has 0 bridgehead atoms. The second-order valence-corrected chi connectivity index (χ2v) is 4.61. The van der Waals surface area contributed by atoms with Crippen LogP contribution in [0.4, 0.5) is 0 Å². The molecule has 0 fully saturated rings. The van der Waals surface area contributed by atoms with Gasteiger partial charge in [-0.05, 0) is 19.9 Å². The molecular weight excluding hydrogens is 196 g/mol. The van der Waals surface area contributed by atoms with E-state index >= 15 is 0 Å². The number of thiophene rings is 1. The topological polar surface area (TPSA) is 44.1 Å². The van der Waals surface area contributed by atoms with E-state index in [0.29, 0.717) is 5.56 Å². The van der Waals surface area contributed by atoms with E-state index in [-0.39, 0.29) is 12.5 Å². The minimum Gasteiger partial charge on any atom is -0.328 e. The van der Waals surface area contributed by atoms with Crippen LogP contribution < -0.4 is 0 Å². The average molecular weight is 208 g/mol. The minimum absolute atomic E-state index is 0.0756. The van der Waals surface area contributed by atoms with E-state index in [4.69, 9.17) is 5.26 Å². The summed E-state index contributed by atoms with van der Waals surface area (Å²) in [5.74, 6) is -0.0756. The van der Waals surface area contributed by atoms with Crippen LogP contribution in [0, 0.1) is 25.2 Å². The van der Waals surface area contributed by atoms with E-state index in [2.05, 4.69) is 0 Å². The van der Waals surface area contributed by atoms with Crippen molar-refractivity contribution in [2.45, 2.75) is 13.8 Å². The van der Waals surface area contributed by atoms with Crippen LogP contribution in [-0.4, -0.2) is 24.4 Å². The average Bonchev–Trinajstić information content (AvgIpc) is 2.44. The third-order valence-corrected chi connectivity index (χ3v) is 2.89. The van der Waals surface area contributed by atoms with Crippen LogP contribution >= 0.6 is 11.3 Å². The Balaban J connectivity index is 2.90. The number of rotatable bonds is 2. The zero-order valence-electron chi connectivity index (χ0n) is 8.50. The van der Waals surface area contributed by atoms with Crippen LogP contribution in [0.15, 0.2) is 6.07 Å². The first-order valence-corrected chi connectivity index (χ1v) is 5.07. The first-order valence-electron chi connectivity index (χ1n) is 4.25. The van der Waals surface area contributed by atoms with Crippen molar-refractivity contribution in [3.05, 3.63) is 21.4 Å². The maximum Gasteiger partial charge on any atom is 0.255 e. The summed E-state index contributed by atoms with van der Waals surface area (Å²) in [5, 5.41) is 8.47. The second-order valence-electron chi connectivity index (χ2n) is 3.15. The summed E-state index contributed by atoms with van der Waals surface area (Å²) in [4.78, 5) is 15.3. The molecule has 0 aliphatic rings. The maximum absolute atomic E-state index is 11.8. The van der Waals surface area contributed by atoms with Gasteiger partial charge in [-0.3, -0.25) is 4.79 Å². The van der Waals surface area contributed by atoms with E-state index in [0.717, 1.165) is 9.75 Å². The van der Waals surface area contributed by atoms with Crippen LogP contribution in [0.1, 0.15) is 20.1 Å². The lowest BCUT2D eigenvalue weighted by molar-refractivity contribution is 0.0812. The van der Waals surface area contributed by atoms with Gasteiger partial charge in [-0.2, -0.15) is 5.26 Å². The molecule has 0 aliphatic carbocycles. The van der Waals surface area contributed by atoms with Crippen molar-refractivity contribution >= 4 is 17.2 Å². The Bertz CT molecular complexity index is 389. The first kappa shape index (κ1) is 10.7. The monoisotopic (exact) mass is 208 g/mol. The highest BCUT2D eigenvalue weighted by atomic mass is 32.1. The first-order chi connectivity index (χ1) is 6.56. The largest absolute Gasteiger partial charge is 0.328 e. The zero-order chi connectivity index (χ0) is 10.7. The van der Waals surface area contributed by atoms with E-state index in [9.17, 15) is 4.79 Å². The highest BCUT2D eigenvalue weighted by Gasteiger charge is 2.15. The van der Waals surface area contributed by atoms with Gasteiger partial charge in [0, 0.05) is 16.8 Å². The molecule has 0 unspecified atom stereocenters.